The number of carbonyl (C=O) groups is 3. The first-order valence-electron chi connectivity index (χ1n) is 11.5. The maximum absolute atomic E-state index is 13.1. The number of aliphatic carboxylic acids is 1. The number of amides is 2. The number of benzene rings is 3. The summed E-state index contributed by atoms with van der Waals surface area (Å²) < 4.78 is 13.1. The summed E-state index contributed by atoms with van der Waals surface area (Å²) in [6.07, 6.45) is 0.403. The molecule has 3 aromatic carbocycles. The molecule has 0 aromatic heterocycles. The van der Waals surface area contributed by atoms with Crippen LogP contribution >= 0.6 is 0 Å². The summed E-state index contributed by atoms with van der Waals surface area (Å²) in [5.41, 5.74) is 3.18. The molecule has 0 aliphatic heterocycles. The molecule has 3 N–H and O–H groups in total. The maximum atomic E-state index is 13.1. The van der Waals surface area contributed by atoms with Crippen molar-refractivity contribution < 1.29 is 23.9 Å². The second-order valence-electron chi connectivity index (χ2n) is 8.68. The van der Waals surface area contributed by atoms with Crippen LogP contribution in [0.15, 0.2) is 78.9 Å². The lowest BCUT2D eigenvalue weighted by Gasteiger charge is -2.23. The first-order valence-corrected chi connectivity index (χ1v) is 11.5. The second-order valence-corrected chi connectivity index (χ2v) is 8.68. The summed E-state index contributed by atoms with van der Waals surface area (Å²) in [6, 6.07) is 21.4. The molecule has 2 unspecified atom stereocenters. The normalized spacial score (nSPS) is 13.3. The molecule has 0 saturated heterocycles. The van der Waals surface area contributed by atoms with E-state index in [4.69, 9.17) is 0 Å². The number of halogens is 1. The summed E-state index contributed by atoms with van der Waals surface area (Å²) in [7, 11) is 0. The van der Waals surface area contributed by atoms with E-state index in [9.17, 15) is 23.9 Å². The number of hydrogen-bond acceptors (Lipinski definition) is 3. The number of carboxylic acid groups (broad SMARTS) is 1. The Morgan fingerprint density at radius 1 is 0.829 bits per heavy atom. The van der Waals surface area contributed by atoms with Crippen molar-refractivity contribution in [1.82, 2.24) is 10.6 Å². The molecule has 0 bridgehead atoms. The Morgan fingerprint density at radius 3 is 2.03 bits per heavy atom. The van der Waals surface area contributed by atoms with Crippen LogP contribution in [-0.2, 0) is 16.0 Å². The van der Waals surface area contributed by atoms with Crippen LogP contribution in [-0.4, -0.2) is 35.0 Å². The zero-order valence-corrected chi connectivity index (χ0v) is 19.7. The quantitative estimate of drug-likeness (QED) is 0.403. The Balaban J connectivity index is 1.68. The van der Waals surface area contributed by atoms with Crippen LogP contribution in [0.5, 0.6) is 0 Å². The molecule has 6 nitrogen and oxygen atoms in total. The average Bonchev–Trinajstić information content (AvgIpc) is 2.85. The summed E-state index contributed by atoms with van der Waals surface area (Å²) >= 11 is 0. The van der Waals surface area contributed by atoms with Crippen molar-refractivity contribution in [1.29, 1.82) is 0 Å². The fraction of sp³-hybridized carbons (Fsp3) is 0.250. The van der Waals surface area contributed by atoms with Crippen molar-refractivity contribution in [2.45, 2.75) is 38.8 Å². The molecule has 0 radical (unpaired) electrons. The Hall–Kier alpha value is -4.00. The molecule has 182 valence electrons. The molecular weight excluding hydrogens is 447 g/mol. The van der Waals surface area contributed by atoms with Gasteiger partial charge in [-0.15, -0.1) is 0 Å². The van der Waals surface area contributed by atoms with Gasteiger partial charge in [0.25, 0.3) is 5.91 Å². The highest BCUT2D eigenvalue weighted by molar-refractivity contribution is 5.98. The molecule has 35 heavy (non-hydrogen) atoms. The van der Waals surface area contributed by atoms with E-state index in [1.807, 2.05) is 42.5 Å². The van der Waals surface area contributed by atoms with Gasteiger partial charge in [-0.25, -0.2) is 4.39 Å². The minimum absolute atomic E-state index is 0.0573. The van der Waals surface area contributed by atoms with E-state index in [0.29, 0.717) is 12.0 Å². The number of nitrogens with one attached hydrogen (secondary N) is 2. The van der Waals surface area contributed by atoms with E-state index in [2.05, 4.69) is 10.6 Å². The second kappa shape index (κ2) is 11.9. The van der Waals surface area contributed by atoms with Gasteiger partial charge < -0.3 is 15.7 Å². The van der Waals surface area contributed by atoms with Crippen LogP contribution in [0.2, 0.25) is 0 Å². The Labute approximate surface area is 204 Å². The van der Waals surface area contributed by atoms with Crippen LogP contribution < -0.4 is 10.6 Å². The molecule has 2 amide bonds. The SMILES string of the molecule is CC(Cc1ccc(F)cc1)NC(=O)[C@H](CC(C)C(=O)O)NC(=O)c1ccc(-c2ccccc2)cc1. The minimum Gasteiger partial charge on any atom is -0.481 e. The van der Waals surface area contributed by atoms with E-state index < -0.39 is 29.7 Å². The first kappa shape index (κ1) is 25.6. The molecule has 0 aliphatic carbocycles. The Bertz CT molecular complexity index is 1150. The predicted molar refractivity (Wildman–Crippen MR) is 132 cm³/mol. The van der Waals surface area contributed by atoms with E-state index in [-0.39, 0.29) is 18.3 Å². The van der Waals surface area contributed by atoms with Crippen LogP contribution in [0.25, 0.3) is 11.1 Å². The molecule has 0 spiro atoms. The molecule has 0 heterocycles. The average molecular weight is 477 g/mol. The van der Waals surface area contributed by atoms with Crippen molar-refractivity contribution in [2.75, 3.05) is 0 Å². The van der Waals surface area contributed by atoms with E-state index in [1.165, 1.54) is 19.1 Å². The highest BCUT2D eigenvalue weighted by Crippen LogP contribution is 2.19. The van der Waals surface area contributed by atoms with Crippen molar-refractivity contribution in [2.24, 2.45) is 5.92 Å². The fourth-order valence-electron chi connectivity index (χ4n) is 3.74. The first-order chi connectivity index (χ1) is 16.7. The third kappa shape index (κ3) is 7.50. The van der Waals surface area contributed by atoms with E-state index in [0.717, 1.165) is 16.7 Å². The van der Waals surface area contributed by atoms with Gasteiger partial charge in [-0.05, 0) is 60.7 Å². The van der Waals surface area contributed by atoms with Crippen LogP contribution in [0.3, 0.4) is 0 Å². The smallest absolute Gasteiger partial charge is 0.306 e. The van der Waals surface area contributed by atoms with Crippen LogP contribution in [0, 0.1) is 11.7 Å². The molecule has 0 fully saturated rings. The predicted octanol–water partition coefficient (Wildman–Crippen LogP) is 4.45. The van der Waals surface area contributed by atoms with E-state index in [1.54, 1.807) is 31.2 Å². The highest BCUT2D eigenvalue weighted by Gasteiger charge is 2.27. The fourth-order valence-corrected chi connectivity index (χ4v) is 3.74. The summed E-state index contributed by atoms with van der Waals surface area (Å²) in [6.45, 7) is 3.29. The van der Waals surface area contributed by atoms with Gasteiger partial charge in [-0.1, -0.05) is 61.5 Å². The Kier molecular flexibility index (Phi) is 8.73. The van der Waals surface area contributed by atoms with Crippen molar-refractivity contribution in [3.05, 3.63) is 95.8 Å². The molecule has 7 heteroatoms. The minimum atomic E-state index is -1.05. The van der Waals surface area contributed by atoms with Crippen molar-refractivity contribution in [3.63, 3.8) is 0 Å². The van der Waals surface area contributed by atoms with Gasteiger partial charge in [0.2, 0.25) is 5.91 Å². The third-order valence-corrected chi connectivity index (χ3v) is 5.73. The molecule has 3 atom stereocenters. The lowest BCUT2D eigenvalue weighted by atomic mass is 9.99. The molecular formula is C28H29FN2O4. The molecule has 0 saturated carbocycles. The lowest BCUT2D eigenvalue weighted by molar-refractivity contribution is -0.141. The summed E-state index contributed by atoms with van der Waals surface area (Å²) in [5, 5.41) is 14.9. The zero-order chi connectivity index (χ0) is 25.4. The van der Waals surface area contributed by atoms with Crippen LogP contribution in [0.4, 0.5) is 4.39 Å². The monoisotopic (exact) mass is 476 g/mol. The molecule has 3 aromatic rings. The zero-order valence-electron chi connectivity index (χ0n) is 19.7. The van der Waals surface area contributed by atoms with Crippen LogP contribution in [0.1, 0.15) is 36.2 Å². The van der Waals surface area contributed by atoms with Crippen molar-refractivity contribution in [3.8, 4) is 11.1 Å². The highest BCUT2D eigenvalue weighted by atomic mass is 19.1. The van der Waals surface area contributed by atoms with Gasteiger partial charge in [0.15, 0.2) is 0 Å². The van der Waals surface area contributed by atoms with Gasteiger partial charge in [0, 0.05) is 11.6 Å². The third-order valence-electron chi connectivity index (χ3n) is 5.73. The van der Waals surface area contributed by atoms with Gasteiger partial charge in [0.1, 0.15) is 11.9 Å². The van der Waals surface area contributed by atoms with Gasteiger partial charge in [-0.3, -0.25) is 14.4 Å². The Morgan fingerprint density at radius 2 is 1.43 bits per heavy atom. The summed E-state index contributed by atoms with van der Waals surface area (Å²) in [5.74, 6) is -3.16. The number of hydrogen-bond donors (Lipinski definition) is 3. The standard InChI is InChI=1S/C28H29FN2O4/c1-18(28(34)35)16-25(27(33)30-19(2)17-20-8-14-24(29)15-9-20)31-26(32)23-12-10-22(11-13-23)21-6-4-3-5-7-21/h3-15,18-19,25H,16-17H2,1-2H3,(H,30,33)(H,31,32)(H,34,35)/t18?,19?,25-/m0/s1. The van der Waals surface area contributed by atoms with Crippen molar-refractivity contribution >= 4 is 17.8 Å². The number of rotatable bonds is 10. The van der Waals surface area contributed by atoms with Gasteiger partial charge >= 0.3 is 5.97 Å². The van der Waals surface area contributed by atoms with E-state index >= 15 is 0 Å². The lowest BCUT2D eigenvalue weighted by Crippen LogP contribution is -2.50. The van der Waals surface area contributed by atoms with Gasteiger partial charge in [-0.2, -0.15) is 0 Å². The maximum Gasteiger partial charge on any atom is 0.306 e. The number of carbonyl (C=O) groups excluding carboxylic acids is 2. The largest absolute Gasteiger partial charge is 0.481 e. The van der Waals surface area contributed by atoms with Gasteiger partial charge in [0.05, 0.1) is 5.92 Å². The topological polar surface area (TPSA) is 95.5 Å². The molecule has 3 rings (SSSR count). The number of carboxylic acids is 1. The molecule has 0 aliphatic rings. The summed E-state index contributed by atoms with van der Waals surface area (Å²) in [4.78, 5) is 37.3.